The van der Waals surface area contributed by atoms with Crippen LogP contribution in [0.1, 0.15) is 27.6 Å². The maximum absolute atomic E-state index is 13.0. The average molecular weight is 404 g/mol. The zero-order chi connectivity index (χ0) is 20.3. The van der Waals surface area contributed by atoms with Gasteiger partial charge in [-0.3, -0.25) is 24.6 Å². The standard InChI is InChI=1S/C18H17N2O7P/c1-2-26-28(25,27-14-9-7-13(8-10-14)20(23)24)12-11-19-17(21)15-5-3-4-6-16(15)18(19)22/h3-10H,2,11-12H2,1H3. The summed E-state index contributed by atoms with van der Waals surface area (Å²) in [6.07, 6.45) is -0.205. The van der Waals surface area contributed by atoms with Crippen molar-refractivity contribution in [3.63, 3.8) is 0 Å². The lowest BCUT2D eigenvalue weighted by atomic mass is 10.1. The molecule has 9 nitrogen and oxygen atoms in total. The van der Waals surface area contributed by atoms with Gasteiger partial charge >= 0.3 is 7.60 Å². The number of hydrogen-bond acceptors (Lipinski definition) is 7. The lowest BCUT2D eigenvalue weighted by Crippen LogP contribution is -2.32. The zero-order valence-corrected chi connectivity index (χ0v) is 15.8. The van der Waals surface area contributed by atoms with Gasteiger partial charge in [-0.2, -0.15) is 0 Å². The number of benzene rings is 2. The fourth-order valence-corrected chi connectivity index (χ4v) is 4.34. The Labute approximate surface area is 160 Å². The molecule has 0 bridgehead atoms. The highest BCUT2D eigenvalue weighted by molar-refractivity contribution is 7.54. The van der Waals surface area contributed by atoms with Crippen molar-refractivity contribution in [1.29, 1.82) is 0 Å². The third kappa shape index (κ3) is 3.95. The van der Waals surface area contributed by atoms with Crippen molar-refractivity contribution in [2.24, 2.45) is 0 Å². The first-order chi connectivity index (χ1) is 13.3. The van der Waals surface area contributed by atoms with Crippen molar-refractivity contribution in [2.75, 3.05) is 19.3 Å². The summed E-state index contributed by atoms with van der Waals surface area (Å²) in [5, 5.41) is 10.7. The summed E-state index contributed by atoms with van der Waals surface area (Å²) in [5.41, 5.74) is 0.467. The quantitative estimate of drug-likeness (QED) is 0.286. The number of amides is 2. The third-order valence-electron chi connectivity index (χ3n) is 4.09. The minimum Gasteiger partial charge on any atom is -0.424 e. The highest BCUT2D eigenvalue weighted by Crippen LogP contribution is 2.48. The van der Waals surface area contributed by atoms with Crippen molar-refractivity contribution < 1.29 is 28.1 Å². The van der Waals surface area contributed by atoms with Gasteiger partial charge in [-0.1, -0.05) is 12.1 Å². The molecule has 0 fully saturated rings. The Morgan fingerprint density at radius 3 is 2.11 bits per heavy atom. The van der Waals surface area contributed by atoms with E-state index in [0.29, 0.717) is 11.1 Å². The van der Waals surface area contributed by atoms with E-state index in [1.54, 1.807) is 31.2 Å². The number of carbonyl (C=O) groups excluding carboxylic acids is 2. The molecule has 28 heavy (non-hydrogen) atoms. The molecule has 1 aliphatic rings. The van der Waals surface area contributed by atoms with Crippen LogP contribution in [0.5, 0.6) is 5.75 Å². The molecule has 1 atom stereocenters. The predicted octanol–water partition coefficient (Wildman–Crippen LogP) is 3.50. The van der Waals surface area contributed by atoms with Gasteiger partial charge in [0.25, 0.3) is 17.5 Å². The molecule has 1 aliphatic heterocycles. The van der Waals surface area contributed by atoms with Gasteiger partial charge in [0.05, 0.1) is 28.8 Å². The maximum Gasteiger partial charge on any atom is 0.380 e. The van der Waals surface area contributed by atoms with Crippen LogP contribution in [-0.2, 0) is 9.09 Å². The molecule has 0 aromatic heterocycles. The topological polar surface area (TPSA) is 116 Å². The summed E-state index contributed by atoms with van der Waals surface area (Å²) in [4.78, 5) is 36.0. The molecule has 0 N–H and O–H groups in total. The SMILES string of the molecule is CCOP(=O)(CCN1C(=O)c2ccccc2C1=O)Oc1ccc([N+](=O)[O-])cc1. The van der Waals surface area contributed by atoms with Gasteiger partial charge in [-0.05, 0) is 31.2 Å². The van der Waals surface area contributed by atoms with Crippen LogP contribution >= 0.6 is 7.60 Å². The molecule has 146 valence electrons. The Bertz CT molecular complexity index is 939. The number of non-ortho nitro benzene ring substituents is 1. The number of nitrogens with zero attached hydrogens (tertiary/aromatic N) is 2. The number of fused-ring (bicyclic) bond motifs is 1. The second kappa shape index (κ2) is 7.92. The molecule has 0 saturated heterocycles. The smallest absolute Gasteiger partial charge is 0.380 e. The molecule has 3 rings (SSSR count). The second-order valence-corrected chi connectivity index (χ2v) is 8.01. The summed E-state index contributed by atoms with van der Waals surface area (Å²) in [7, 11) is -3.70. The molecule has 1 unspecified atom stereocenters. The number of imide groups is 1. The molecule has 0 saturated carbocycles. The van der Waals surface area contributed by atoms with Crippen molar-refractivity contribution >= 4 is 25.1 Å². The first-order valence-corrected chi connectivity index (χ1v) is 10.2. The zero-order valence-electron chi connectivity index (χ0n) is 14.9. The van der Waals surface area contributed by atoms with Gasteiger partial charge < -0.3 is 9.05 Å². The molecule has 1 heterocycles. The van der Waals surface area contributed by atoms with E-state index in [1.165, 1.54) is 24.3 Å². The van der Waals surface area contributed by atoms with E-state index in [0.717, 1.165) is 4.90 Å². The van der Waals surface area contributed by atoms with Crippen LogP contribution in [0.4, 0.5) is 5.69 Å². The first kappa shape index (κ1) is 19.7. The number of hydrogen-bond donors (Lipinski definition) is 0. The van der Waals surface area contributed by atoms with Gasteiger partial charge in [-0.15, -0.1) is 0 Å². The number of rotatable bonds is 8. The third-order valence-corrected chi connectivity index (χ3v) is 5.98. The van der Waals surface area contributed by atoms with Gasteiger partial charge in [-0.25, -0.2) is 4.57 Å². The predicted molar refractivity (Wildman–Crippen MR) is 99.6 cm³/mol. The minimum absolute atomic E-state index is 0.0897. The van der Waals surface area contributed by atoms with Crippen LogP contribution < -0.4 is 4.52 Å². The van der Waals surface area contributed by atoms with Crippen LogP contribution in [0.25, 0.3) is 0 Å². The lowest BCUT2D eigenvalue weighted by molar-refractivity contribution is -0.384. The van der Waals surface area contributed by atoms with E-state index in [9.17, 15) is 24.3 Å². The fourth-order valence-electron chi connectivity index (χ4n) is 2.79. The van der Waals surface area contributed by atoms with Crippen LogP contribution in [0.15, 0.2) is 48.5 Å². The Hall–Kier alpha value is -3.03. The van der Waals surface area contributed by atoms with E-state index in [4.69, 9.17) is 9.05 Å². The van der Waals surface area contributed by atoms with E-state index >= 15 is 0 Å². The summed E-state index contributed by atoms with van der Waals surface area (Å²) < 4.78 is 23.7. The normalized spacial score (nSPS) is 15.2. The van der Waals surface area contributed by atoms with Gasteiger partial charge in [0, 0.05) is 18.7 Å². The first-order valence-electron chi connectivity index (χ1n) is 8.47. The molecule has 2 aromatic rings. The summed E-state index contributed by atoms with van der Waals surface area (Å²) in [6, 6.07) is 11.5. The molecular weight excluding hydrogens is 387 g/mol. The van der Waals surface area contributed by atoms with Gasteiger partial charge in [0.1, 0.15) is 5.75 Å². The van der Waals surface area contributed by atoms with Crippen LogP contribution in [0, 0.1) is 10.1 Å². The van der Waals surface area contributed by atoms with Crippen LogP contribution in [0.2, 0.25) is 0 Å². The number of nitro groups is 1. The van der Waals surface area contributed by atoms with Gasteiger partial charge in [0.15, 0.2) is 0 Å². The molecule has 0 aliphatic carbocycles. The minimum atomic E-state index is -3.70. The molecule has 2 aromatic carbocycles. The van der Waals surface area contributed by atoms with Crippen molar-refractivity contribution in [1.82, 2.24) is 4.90 Å². The average Bonchev–Trinajstić information content (AvgIpc) is 2.91. The van der Waals surface area contributed by atoms with Crippen LogP contribution in [0.3, 0.4) is 0 Å². The highest BCUT2D eigenvalue weighted by Gasteiger charge is 2.37. The van der Waals surface area contributed by atoms with E-state index in [1.807, 2.05) is 0 Å². The molecular formula is C18H17N2O7P. The second-order valence-electron chi connectivity index (χ2n) is 5.90. The Morgan fingerprint density at radius 2 is 1.61 bits per heavy atom. The van der Waals surface area contributed by atoms with E-state index < -0.39 is 24.3 Å². The number of carbonyl (C=O) groups is 2. The Morgan fingerprint density at radius 1 is 1.04 bits per heavy atom. The van der Waals surface area contributed by atoms with E-state index in [-0.39, 0.29) is 30.8 Å². The maximum atomic E-state index is 13.0. The molecule has 0 spiro atoms. The largest absolute Gasteiger partial charge is 0.424 e. The summed E-state index contributed by atoms with van der Waals surface area (Å²) >= 11 is 0. The fraction of sp³-hybridized carbons (Fsp3) is 0.222. The molecule has 10 heteroatoms. The van der Waals surface area contributed by atoms with Crippen molar-refractivity contribution in [2.45, 2.75) is 6.92 Å². The Kier molecular flexibility index (Phi) is 5.58. The monoisotopic (exact) mass is 404 g/mol. The van der Waals surface area contributed by atoms with Crippen LogP contribution in [-0.4, -0.2) is 41.0 Å². The lowest BCUT2D eigenvalue weighted by Gasteiger charge is -2.21. The van der Waals surface area contributed by atoms with Gasteiger partial charge in [0.2, 0.25) is 0 Å². The molecule has 2 amide bonds. The summed E-state index contributed by atoms with van der Waals surface area (Å²) in [5.74, 6) is -0.789. The highest BCUT2D eigenvalue weighted by atomic mass is 31.2. The number of nitro benzene ring substituents is 1. The van der Waals surface area contributed by atoms with Crippen molar-refractivity contribution in [3.8, 4) is 5.75 Å². The Balaban J connectivity index is 1.72. The summed E-state index contributed by atoms with van der Waals surface area (Å²) in [6.45, 7) is 1.58. The van der Waals surface area contributed by atoms with E-state index in [2.05, 4.69) is 0 Å². The van der Waals surface area contributed by atoms with Crippen molar-refractivity contribution in [3.05, 3.63) is 69.8 Å². The molecule has 0 radical (unpaired) electrons.